The first-order valence-corrected chi connectivity index (χ1v) is 10.0. The summed E-state index contributed by atoms with van der Waals surface area (Å²) in [6.07, 6.45) is 9.52. The molecule has 0 aromatic carbocycles. The second kappa shape index (κ2) is 9.04. The Balaban J connectivity index is 1.36. The fourth-order valence-corrected chi connectivity index (χ4v) is 4.35. The quantitative estimate of drug-likeness (QED) is 0.837. The zero-order valence-corrected chi connectivity index (χ0v) is 15.2. The van der Waals surface area contributed by atoms with Crippen LogP contribution in [0.1, 0.15) is 58.3 Å². The van der Waals surface area contributed by atoms with Crippen LogP contribution < -0.4 is 5.32 Å². The van der Waals surface area contributed by atoms with Crippen LogP contribution in [0.5, 0.6) is 0 Å². The Morgan fingerprint density at radius 2 is 1.96 bits per heavy atom. The predicted octanol–water partition coefficient (Wildman–Crippen LogP) is 3.18. The standard InChI is InChI=1S/C19H34N2O3/c1-2-16-5-3-4-6-18(16)20-19(22)21-10-7-17(8-11-21)24-14-15-9-12-23-13-15/h15-18H,2-14H2,1H3,(H,20,22)/t15-,16-,18-/m1/s1. The van der Waals surface area contributed by atoms with E-state index in [0.717, 1.165) is 58.6 Å². The van der Waals surface area contributed by atoms with Gasteiger partial charge < -0.3 is 19.7 Å². The van der Waals surface area contributed by atoms with E-state index in [4.69, 9.17) is 9.47 Å². The molecule has 3 atom stereocenters. The van der Waals surface area contributed by atoms with Gasteiger partial charge in [0.25, 0.3) is 0 Å². The third kappa shape index (κ3) is 4.85. The highest BCUT2D eigenvalue weighted by Crippen LogP contribution is 2.27. The van der Waals surface area contributed by atoms with Gasteiger partial charge in [0.05, 0.1) is 19.3 Å². The summed E-state index contributed by atoms with van der Waals surface area (Å²) < 4.78 is 11.4. The highest BCUT2D eigenvalue weighted by molar-refractivity contribution is 5.74. The van der Waals surface area contributed by atoms with Gasteiger partial charge in [-0.3, -0.25) is 0 Å². The molecule has 2 amide bonds. The minimum absolute atomic E-state index is 0.142. The van der Waals surface area contributed by atoms with Gasteiger partial charge in [-0.1, -0.05) is 26.2 Å². The molecule has 3 fully saturated rings. The van der Waals surface area contributed by atoms with E-state index < -0.39 is 0 Å². The number of nitrogens with one attached hydrogen (secondary N) is 1. The molecule has 1 N–H and O–H groups in total. The summed E-state index contributed by atoms with van der Waals surface area (Å²) in [6.45, 7) is 6.43. The molecule has 1 saturated carbocycles. The third-order valence-corrected chi connectivity index (χ3v) is 6.06. The number of piperidine rings is 1. The molecule has 2 saturated heterocycles. The van der Waals surface area contributed by atoms with Crippen LogP contribution in [0, 0.1) is 11.8 Å². The van der Waals surface area contributed by atoms with E-state index in [9.17, 15) is 4.79 Å². The van der Waals surface area contributed by atoms with Gasteiger partial charge in [0.15, 0.2) is 0 Å². The largest absolute Gasteiger partial charge is 0.381 e. The molecule has 0 aromatic heterocycles. The Labute approximate surface area is 146 Å². The highest BCUT2D eigenvalue weighted by Gasteiger charge is 2.29. The van der Waals surface area contributed by atoms with E-state index in [1.807, 2.05) is 4.90 Å². The zero-order chi connectivity index (χ0) is 16.8. The van der Waals surface area contributed by atoms with E-state index in [-0.39, 0.29) is 6.03 Å². The smallest absolute Gasteiger partial charge is 0.317 e. The fraction of sp³-hybridized carbons (Fsp3) is 0.947. The van der Waals surface area contributed by atoms with E-state index >= 15 is 0 Å². The van der Waals surface area contributed by atoms with Gasteiger partial charge in [0.2, 0.25) is 0 Å². The average molecular weight is 338 g/mol. The Bertz CT molecular complexity index is 390. The van der Waals surface area contributed by atoms with Crippen LogP contribution in [0.3, 0.4) is 0 Å². The molecule has 0 aromatic rings. The number of urea groups is 1. The second-order valence-corrected chi connectivity index (χ2v) is 7.76. The van der Waals surface area contributed by atoms with Crippen molar-refractivity contribution in [2.45, 2.75) is 70.4 Å². The van der Waals surface area contributed by atoms with E-state index in [1.165, 1.54) is 25.7 Å². The van der Waals surface area contributed by atoms with Crippen LogP contribution >= 0.6 is 0 Å². The molecule has 2 aliphatic heterocycles. The lowest BCUT2D eigenvalue weighted by Crippen LogP contribution is -2.51. The van der Waals surface area contributed by atoms with Crippen LogP contribution in [0.4, 0.5) is 4.79 Å². The molecule has 24 heavy (non-hydrogen) atoms. The Morgan fingerprint density at radius 1 is 1.17 bits per heavy atom. The first-order chi connectivity index (χ1) is 11.8. The first-order valence-electron chi connectivity index (χ1n) is 10.0. The lowest BCUT2D eigenvalue weighted by Gasteiger charge is -2.36. The maximum atomic E-state index is 12.6. The lowest BCUT2D eigenvalue weighted by atomic mass is 9.83. The molecule has 3 rings (SSSR count). The van der Waals surface area contributed by atoms with Gasteiger partial charge in [-0.2, -0.15) is 0 Å². The summed E-state index contributed by atoms with van der Waals surface area (Å²) in [5.74, 6) is 1.24. The van der Waals surface area contributed by atoms with Crippen molar-refractivity contribution < 1.29 is 14.3 Å². The molecule has 5 heteroatoms. The summed E-state index contributed by atoms with van der Waals surface area (Å²) in [5.41, 5.74) is 0. The number of rotatable bonds is 5. The van der Waals surface area contributed by atoms with Gasteiger partial charge in [0, 0.05) is 31.7 Å². The maximum absolute atomic E-state index is 12.6. The van der Waals surface area contributed by atoms with Crippen LogP contribution in [0.2, 0.25) is 0 Å². The molecule has 2 heterocycles. The van der Waals surface area contributed by atoms with Crippen molar-refractivity contribution in [1.82, 2.24) is 10.2 Å². The van der Waals surface area contributed by atoms with Gasteiger partial charge in [0.1, 0.15) is 0 Å². The highest BCUT2D eigenvalue weighted by atomic mass is 16.5. The Kier molecular flexibility index (Phi) is 6.78. The van der Waals surface area contributed by atoms with Crippen molar-refractivity contribution in [3.8, 4) is 0 Å². The molecule has 138 valence electrons. The lowest BCUT2D eigenvalue weighted by molar-refractivity contribution is -0.00463. The number of carbonyl (C=O) groups excluding carboxylic acids is 1. The van der Waals surface area contributed by atoms with Gasteiger partial charge in [-0.25, -0.2) is 4.79 Å². The maximum Gasteiger partial charge on any atom is 0.317 e. The first kappa shape index (κ1) is 18.0. The number of likely N-dealkylation sites (tertiary alicyclic amines) is 1. The van der Waals surface area contributed by atoms with Crippen molar-refractivity contribution in [3.63, 3.8) is 0 Å². The molecule has 0 radical (unpaired) electrons. The summed E-state index contributed by atoms with van der Waals surface area (Å²) in [4.78, 5) is 14.5. The van der Waals surface area contributed by atoms with Crippen molar-refractivity contribution in [2.24, 2.45) is 11.8 Å². The number of hydrogen-bond acceptors (Lipinski definition) is 3. The monoisotopic (exact) mass is 338 g/mol. The molecule has 5 nitrogen and oxygen atoms in total. The van der Waals surface area contributed by atoms with E-state index in [2.05, 4.69) is 12.2 Å². The molecule has 1 aliphatic carbocycles. The fourth-order valence-electron chi connectivity index (χ4n) is 4.35. The van der Waals surface area contributed by atoms with Crippen molar-refractivity contribution in [2.75, 3.05) is 32.9 Å². The summed E-state index contributed by atoms with van der Waals surface area (Å²) >= 11 is 0. The minimum atomic E-state index is 0.142. The third-order valence-electron chi connectivity index (χ3n) is 6.06. The number of amides is 2. The van der Waals surface area contributed by atoms with Crippen LogP contribution in [0.15, 0.2) is 0 Å². The van der Waals surface area contributed by atoms with Crippen LogP contribution in [-0.4, -0.2) is 56.0 Å². The summed E-state index contributed by atoms with van der Waals surface area (Å²) in [7, 11) is 0. The van der Waals surface area contributed by atoms with Gasteiger partial charge in [-0.05, 0) is 38.0 Å². The summed E-state index contributed by atoms with van der Waals surface area (Å²) in [6, 6.07) is 0.524. The Hall–Kier alpha value is -0.810. The normalized spacial score (nSPS) is 32.0. The van der Waals surface area contributed by atoms with Crippen LogP contribution in [-0.2, 0) is 9.47 Å². The molecular weight excluding hydrogens is 304 g/mol. The molecule has 0 spiro atoms. The van der Waals surface area contributed by atoms with Gasteiger partial charge in [-0.15, -0.1) is 0 Å². The summed E-state index contributed by atoms with van der Waals surface area (Å²) in [5, 5.41) is 3.31. The number of hydrogen-bond donors (Lipinski definition) is 1. The van der Waals surface area contributed by atoms with E-state index in [0.29, 0.717) is 24.0 Å². The predicted molar refractivity (Wildman–Crippen MR) is 94.0 cm³/mol. The number of carbonyl (C=O) groups is 1. The molecule has 0 bridgehead atoms. The number of nitrogens with zero attached hydrogens (tertiary/aromatic N) is 1. The van der Waals surface area contributed by atoms with E-state index in [1.54, 1.807) is 0 Å². The molecule has 0 unspecified atom stereocenters. The average Bonchev–Trinajstić information content (AvgIpc) is 3.14. The molecule has 3 aliphatic rings. The Morgan fingerprint density at radius 3 is 2.67 bits per heavy atom. The zero-order valence-electron chi connectivity index (χ0n) is 15.2. The second-order valence-electron chi connectivity index (χ2n) is 7.76. The minimum Gasteiger partial charge on any atom is -0.381 e. The topological polar surface area (TPSA) is 50.8 Å². The van der Waals surface area contributed by atoms with Crippen molar-refractivity contribution in [1.29, 1.82) is 0 Å². The number of ether oxygens (including phenoxy) is 2. The SMILES string of the molecule is CC[C@@H]1CCCC[C@H]1NC(=O)N1CCC(OC[C@@H]2CCOC2)CC1. The van der Waals surface area contributed by atoms with Crippen molar-refractivity contribution in [3.05, 3.63) is 0 Å². The molecular formula is C19H34N2O3. The van der Waals surface area contributed by atoms with Crippen molar-refractivity contribution >= 4 is 6.03 Å². The van der Waals surface area contributed by atoms with Crippen LogP contribution in [0.25, 0.3) is 0 Å². The van der Waals surface area contributed by atoms with Gasteiger partial charge >= 0.3 is 6.03 Å².